The highest BCUT2D eigenvalue weighted by molar-refractivity contribution is 5.85. The number of hydrogen-bond donors (Lipinski definition) is 2. The number of para-hydroxylation sites is 2. The minimum atomic E-state index is -0.423. The van der Waals surface area contributed by atoms with Gasteiger partial charge in [-0.1, -0.05) is 12.1 Å². The third kappa shape index (κ3) is 5.57. The molecule has 25 heavy (non-hydrogen) atoms. The third-order valence-corrected chi connectivity index (χ3v) is 4.48. The normalized spacial score (nSPS) is 15.9. The van der Waals surface area contributed by atoms with E-state index in [2.05, 4.69) is 20.9 Å². The molecular weight excluding hydrogens is 363 g/mol. The zero-order valence-electron chi connectivity index (χ0n) is 14.1. The van der Waals surface area contributed by atoms with Gasteiger partial charge in [0.2, 0.25) is 5.91 Å². The molecule has 1 aliphatic heterocycles. The van der Waals surface area contributed by atoms with E-state index in [-0.39, 0.29) is 36.6 Å². The fourth-order valence-electron chi connectivity index (χ4n) is 3.06. The van der Waals surface area contributed by atoms with Crippen LogP contribution < -0.4 is 11.1 Å². The highest BCUT2D eigenvalue weighted by Crippen LogP contribution is 2.17. The summed E-state index contributed by atoms with van der Waals surface area (Å²) >= 11 is 0. The van der Waals surface area contributed by atoms with Gasteiger partial charge in [-0.15, -0.1) is 24.8 Å². The number of fused-ring (bicyclic) bond motifs is 1. The second kappa shape index (κ2) is 10.6. The maximum absolute atomic E-state index is 12.1. The summed E-state index contributed by atoms with van der Waals surface area (Å²) in [4.78, 5) is 16.5. The fraction of sp³-hybridized carbons (Fsp3) is 0.529. The van der Waals surface area contributed by atoms with Crippen molar-refractivity contribution in [2.24, 2.45) is 11.7 Å². The van der Waals surface area contributed by atoms with Crippen LogP contribution in [-0.2, 0) is 16.1 Å². The van der Waals surface area contributed by atoms with Crippen molar-refractivity contribution in [3.63, 3.8) is 0 Å². The molecule has 0 radical (unpaired) electrons. The Morgan fingerprint density at radius 3 is 2.80 bits per heavy atom. The van der Waals surface area contributed by atoms with E-state index in [1.54, 1.807) is 0 Å². The van der Waals surface area contributed by atoms with E-state index in [1.165, 1.54) is 0 Å². The first-order valence-electron chi connectivity index (χ1n) is 8.26. The molecular formula is C17H26Cl2N4O2. The van der Waals surface area contributed by atoms with Gasteiger partial charge >= 0.3 is 0 Å². The van der Waals surface area contributed by atoms with Gasteiger partial charge in [0.15, 0.2) is 0 Å². The Morgan fingerprint density at radius 2 is 2.04 bits per heavy atom. The Bertz CT molecular complexity index is 659. The molecule has 0 bridgehead atoms. The first-order chi connectivity index (χ1) is 11.3. The van der Waals surface area contributed by atoms with Gasteiger partial charge < -0.3 is 20.4 Å². The molecule has 140 valence electrons. The zero-order valence-corrected chi connectivity index (χ0v) is 15.7. The lowest BCUT2D eigenvalue weighted by Crippen LogP contribution is -2.47. The molecule has 1 aliphatic rings. The van der Waals surface area contributed by atoms with E-state index in [9.17, 15) is 4.79 Å². The molecule has 1 aromatic heterocycles. The number of amides is 1. The lowest BCUT2D eigenvalue weighted by atomic mass is 9.92. The van der Waals surface area contributed by atoms with Crippen molar-refractivity contribution in [3.8, 4) is 0 Å². The average Bonchev–Trinajstić information content (AvgIpc) is 3.02. The summed E-state index contributed by atoms with van der Waals surface area (Å²) in [5.74, 6) is 0.189. The van der Waals surface area contributed by atoms with Crippen molar-refractivity contribution in [2.45, 2.75) is 31.8 Å². The molecule has 1 amide bonds. The highest BCUT2D eigenvalue weighted by Gasteiger charge is 2.26. The van der Waals surface area contributed by atoms with Crippen molar-refractivity contribution in [1.82, 2.24) is 14.9 Å². The average molecular weight is 389 g/mol. The van der Waals surface area contributed by atoms with Crippen LogP contribution in [0.3, 0.4) is 0 Å². The summed E-state index contributed by atoms with van der Waals surface area (Å²) in [6, 6.07) is 7.63. The first kappa shape index (κ1) is 21.7. The molecule has 3 N–H and O–H groups in total. The molecule has 0 aliphatic carbocycles. The molecule has 3 rings (SSSR count). The van der Waals surface area contributed by atoms with Crippen LogP contribution >= 0.6 is 24.8 Å². The largest absolute Gasteiger partial charge is 0.381 e. The number of carbonyl (C=O) groups is 1. The maximum atomic E-state index is 12.1. The van der Waals surface area contributed by atoms with Crippen LogP contribution in [0.4, 0.5) is 0 Å². The van der Waals surface area contributed by atoms with E-state index >= 15 is 0 Å². The number of ether oxygens (including phenoxy) is 1. The van der Waals surface area contributed by atoms with E-state index in [0.717, 1.165) is 36.8 Å². The predicted octanol–water partition coefficient (Wildman–Crippen LogP) is 2.14. The Hall–Kier alpha value is -1.34. The maximum Gasteiger partial charge on any atom is 0.237 e. The molecule has 2 aromatic rings. The van der Waals surface area contributed by atoms with Gasteiger partial charge in [0.1, 0.15) is 0 Å². The summed E-state index contributed by atoms with van der Waals surface area (Å²) in [6.45, 7) is 2.87. The van der Waals surface area contributed by atoms with E-state index < -0.39 is 6.04 Å². The topological polar surface area (TPSA) is 82.2 Å². The minimum absolute atomic E-state index is 0. The predicted molar refractivity (Wildman–Crippen MR) is 103 cm³/mol. The molecule has 1 fully saturated rings. The van der Waals surface area contributed by atoms with Crippen molar-refractivity contribution in [1.29, 1.82) is 0 Å². The van der Waals surface area contributed by atoms with Crippen LogP contribution in [0.5, 0.6) is 0 Å². The summed E-state index contributed by atoms with van der Waals surface area (Å²) in [6.07, 6.45) is 4.44. The number of benzene rings is 1. The molecule has 1 atom stereocenters. The van der Waals surface area contributed by atoms with Gasteiger partial charge in [0.25, 0.3) is 0 Å². The number of nitrogens with one attached hydrogen (secondary N) is 1. The smallest absolute Gasteiger partial charge is 0.237 e. The van der Waals surface area contributed by atoms with Gasteiger partial charge in [0.05, 0.1) is 23.4 Å². The molecule has 1 unspecified atom stereocenters. The van der Waals surface area contributed by atoms with Crippen LogP contribution in [0.15, 0.2) is 30.6 Å². The fourth-order valence-corrected chi connectivity index (χ4v) is 3.06. The molecule has 8 heteroatoms. The molecule has 0 saturated carbocycles. The summed E-state index contributed by atoms with van der Waals surface area (Å²) in [7, 11) is 0. The van der Waals surface area contributed by atoms with E-state index in [1.807, 2.05) is 24.5 Å². The number of nitrogens with two attached hydrogens (primary N) is 1. The van der Waals surface area contributed by atoms with Crippen LogP contribution in [0, 0.1) is 5.92 Å². The summed E-state index contributed by atoms with van der Waals surface area (Å²) < 4.78 is 7.42. The number of halogens is 2. The van der Waals surface area contributed by atoms with Gasteiger partial charge in [0, 0.05) is 26.3 Å². The van der Waals surface area contributed by atoms with Crippen molar-refractivity contribution < 1.29 is 9.53 Å². The number of aryl methyl sites for hydroxylation is 1. The second-order valence-corrected chi connectivity index (χ2v) is 6.05. The Morgan fingerprint density at radius 1 is 1.32 bits per heavy atom. The van der Waals surface area contributed by atoms with E-state index in [0.29, 0.717) is 19.8 Å². The first-order valence-corrected chi connectivity index (χ1v) is 8.26. The van der Waals surface area contributed by atoms with E-state index in [4.69, 9.17) is 10.5 Å². The Labute approximate surface area is 160 Å². The molecule has 2 heterocycles. The second-order valence-electron chi connectivity index (χ2n) is 6.05. The number of aromatic nitrogens is 2. The van der Waals surface area contributed by atoms with Gasteiger partial charge in [-0.05, 0) is 37.3 Å². The summed E-state index contributed by atoms with van der Waals surface area (Å²) in [5, 5.41) is 2.95. The monoisotopic (exact) mass is 388 g/mol. The van der Waals surface area contributed by atoms with Crippen LogP contribution in [0.25, 0.3) is 11.0 Å². The zero-order chi connectivity index (χ0) is 16.1. The number of nitrogens with zero attached hydrogens (tertiary/aromatic N) is 2. The highest BCUT2D eigenvalue weighted by atomic mass is 35.5. The molecule has 0 spiro atoms. The van der Waals surface area contributed by atoms with Crippen molar-refractivity contribution >= 4 is 41.8 Å². The van der Waals surface area contributed by atoms with Gasteiger partial charge in [-0.3, -0.25) is 4.79 Å². The number of imidazole rings is 1. The lowest BCUT2D eigenvalue weighted by Gasteiger charge is -2.26. The van der Waals surface area contributed by atoms with Crippen LogP contribution in [0.1, 0.15) is 19.3 Å². The summed E-state index contributed by atoms with van der Waals surface area (Å²) in [5.41, 5.74) is 8.18. The number of rotatable bonds is 6. The Kier molecular flexibility index (Phi) is 9.21. The quantitative estimate of drug-likeness (QED) is 0.742. The van der Waals surface area contributed by atoms with Gasteiger partial charge in [-0.25, -0.2) is 4.98 Å². The minimum Gasteiger partial charge on any atom is -0.381 e. The third-order valence-electron chi connectivity index (χ3n) is 4.48. The number of hydrogen-bond acceptors (Lipinski definition) is 4. The lowest BCUT2D eigenvalue weighted by molar-refractivity contribution is -0.124. The van der Waals surface area contributed by atoms with Crippen molar-refractivity contribution in [3.05, 3.63) is 30.6 Å². The Balaban J connectivity index is 0.00000156. The molecule has 6 nitrogen and oxygen atoms in total. The van der Waals surface area contributed by atoms with Crippen LogP contribution in [0.2, 0.25) is 0 Å². The van der Waals surface area contributed by atoms with Gasteiger partial charge in [-0.2, -0.15) is 0 Å². The molecule has 1 saturated heterocycles. The number of carbonyl (C=O) groups excluding carboxylic acids is 1. The molecule has 1 aromatic carbocycles. The van der Waals surface area contributed by atoms with Crippen molar-refractivity contribution in [2.75, 3.05) is 19.8 Å². The standard InChI is InChI=1S/C17H24N4O2.2ClH/c18-16(13-6-10-23-11-7-13)17(22)19-8-3-9-21-12-20-14-4-1-2-5-15(14)21;;/h1-2,4-5,12-13,16H,3,6-11,18H2,(H,19,22);2*1H. The van der Waals surface area contributed by atoms with Crippen LogP contribution in [-0.4, -0.2) is 41.3 Å². The SMILES string of the molecule is Cl.Cl.NC(C(=O)NCCCn1cnc2ccccc21)C1CCOCC1.